The van der Waals surface area contributed by atoms with Crippen LogP contribution in [0.4, 0.5) is 5.82 Å². The predicted molar refractivity (Wildman–Crippen MR) is 104 cm³/mol. The van der Waals surface area contributed by atoms with Gasteiger partial charge in [-0.1, -0.05) is 17.9 Å². The second kappa shape index (κ2) is 5.86. The molecule has 1 aromatic heterocycles. The highest BCUT2D eigenvalue weighted by molar-refractivity contribution is 5.94. The minimum Gasteiger partial charge on any atom is -0.370 e. The number of nitrogens with zero attached hydrogens (tertiary/aromatic N) is 3. The number of amides is 2. The van der Waals surface area contributed by atoms with Crippen molar-refractivity contribution in [3.05, 3.63) is 41.1 Å². The van der Waals surface area contributed by atoms with Crippen LogP contribution in [0.1, 0.15) is 34.5 Å². The molecule has 1 aromatic carbocycles. The van der Waals surface area contributed by atoms with E-state index in [4.69, 9.17) is 5.73 Å². The zero-order valence-corrected chi connectivity index (χ0v) is 15.7. The van der Waals surface area contributed by atoms with Gasteiger partial charge < -0.3 is 16.0 Å². The third-order valence-electron chi connectivity index (χ3n) is 5.96. The molecule has 7 nitrogen and oxygen atoms in total. The molecule has 5 rings (SSSR count). The van der Waals surface area contributed by atoms with Gasteiger partial charge in [0.15, 0.2) is 5.69 Å². The number of anilines is 1. The molecular weight excluding hydrogens is 354 g/mol. The lowest BCUT2D eigenvalue weighted by molar-refractivity contribution is -0.130. The van der Waals surface area contributed by atoms with Crippen molar-refractivity contribution in [2.45, 2.75) is 19.3 Å². The van der Waals surface area contributed by atoms with E-state index >= 15 is 0 Å². The van der Waals surface area contributed by atoms with Crippen molar-refractivity contribution in [2.24, 2.45) is 17.1 Å². The van der Waals surface area contributed by atoms with E-state index in [1.807, 2.05) is 31.3 Å². The first kappa shape index (κ1) is 16.9. The van der Waals surface area contributed by atoms with E-state index in [1.54, 1.807) is 9.58 Å². The summed E-state index contributed by atoms with van der Waals surface area (Å²) in [5.74, 6) is 7.22. The highest BCUT2D eigenvalue weighted by Gasteiger charge is 2.65. The normalized spacial score (nSPS) is 24.7. The summed E-state index contributed by atoms with van der Waals surface area (Å²) in [5, 5.41) is 7.79. The fourth-order valence-electron chi connectivity index (χ4n) is 4.40. The number of primary amides is 1. The maximum atomic E-state index is 12.4. The Morgan fingerprint density at radius 3 is 3.04 bits per heavy atom. The summed E-state index contributed by atoms with van der Waals surface area (Å²) in [4.78, 5) is 25.9. The molecule has 3 N–H and O–H groups in total. The standard InChI is InChI=1S/C21H21N5O2/c1-25-12-14-11-21(14,20(25)28)8-7-13-4-2-5-15(10-13)26-19-16(6-3-9-23-19)17(24-26)18(22)27/h2,4-5,10,14,23H,3,6,9,11-12H2,1H3,(H2,22,27)/t14?,21-/m0/s1. The quantitative estimate of drug-likeness (QED) is 0.771. The van der Waals surface area contributed by atoms with Gasteiger partial charge in [-0.2, -0.15) is 5.10 Å². The topological polar surface area (TPSA) is 93.2 Å². The number of hydrogen-bond acceptors (Lipinski definition) is 4. The Hall–Kier alpha value is -3.27. The van der Waals surface area contributed by atoms with Crippen molar-refractivity contribution in [3.8, 4) is 17.5 Å². The summed E-state index contributed by atoms with van der Waals surface area (Å²) in [6.45, 7) is 1.63. The number of hydrogen-bond donors (Lipinski definition) is 2. The third-order valence-corrected chi connectivity index (χ3v) is 5.96. The SMILES string of the molecule is CN1CC2C[C@]2(C#Cc2cccc(-n3nc(C(N)=O)c4c3NCCC4)c2)C1=O. The number of carbonyl (C=O) groups is 2. The van der Waals surface area contributed by atoms with Crippen molar-refractivity contribution in [1.29, 1.82) is 0 Å². The minimum atomic E-state index is -0.516. The van der Waals surface area contributed by atoms with Crippen molar-refractivity contribution in [1.82, 2.24) is 14.7 Å². The summed E-state index contributed by atoms with van der Waals surface area (Å²) in [7, 11) is 1.84. The first-order valence-electron chi connectivity index (χ1n) is 9.54. The molecule has 7 heteroatoms. The van der Waals surface area contributed by atoms with E-state index in [0.717, 1.165) is 55.0 Å². The molecule has 1 saturated carbocycles. The van der Waals surface area contributed by atoms with Gasteiger partial charge in [0.1, 0.15) is 11.2 Å². The summed E-state index contributed by atoms with van der Waals surface area (Å²) in [6, 6.07) is 7.68. The molecule has 2 aromatic rings. The Labute approximate surface area is 162 Å². The van der Waals surface area contributed by atoms with E-state index in [0.29, 0.717) is 11.6 Å². The van der Waals surface area contributed by atoms with E-state index in [-0.39, 0.29) is 5.91 Å². The van der Waals surface area contributed by atoms with Gasteiger partial charge in [-0.15, -0.1) is 0 Å². The van der Waals surface area contributed by atoms with Crippen molar-refractivity contribution >= 4 is 17.6 Å². The summed E-state index contributed by atoms with van der Waals surface area (Å²) >= 11 is 0. The zero-order valence-electron chi connectivity index (χ0n) is 15.7. The number of benzene rings is 1. The molecule has 3 heterocycles. The van der Waals surface area contributed by atoms with Crippen molar-refractivity contribution < 1.29 is 9.59 Å². The predicted octanol–water partition coefficient (Wildman–Crippen LogP) is 1.16. The van der Waals surface area contributed by atoms with Gasteiger partial charge in [0.25, 0.3) is 5.91 Å². The summed E-state index contributed by atoms with van der Waals surface area (Å²) in [6.07, 6.45) is 2.58. The second-order valence-corrected chi connectivity index (χ2v) is 7.84. The van der Waals surface area contributed by atoms with Crippen LogP contribution in [0, 0.1) is 23.2 Å². The smallest absolute Gasteiger partial charge is 0.269 e. The number of aromatic nitrogens is 2. The third kappa shape index (κ3) is 2.41. The molecule has 0 radical (unpaired) electrons. The molecule has 1 aliphatic carbocycles. The first-order chi connectivity index (χ1) is 13.5. The number of fused-ring (bicyclic) bond motifs is 2. The van der Waals surface area contributed by atoms with Crippen molar-refractivity contribution in [3.63, 3.8) is 0 Å². The van der Waals surface area contributed by atoms with Gasteiger partial charge in [-0.05, 0) is 37.5 Å². The van der Waals surface area contributed by atoms with Gasteiger partial charge in [-0.25, -0.2) is 4.68 Å². The van der Waals surface area contributed by atoms with E-state index in [2.05, 4.69) is 22.3 Å². The maximum absolute atomic E-state index is 12.4. The van der Waals surface area contributed by atoms with Crippen LogP contribution in [-0.4, -0.2) is 46.6 Å². The van der Waals surface area contributed by atoms with Crippen LogP contribution < -0.4 is 11.1 Å². The lowest BCUT2D eigenvalue weighted by atomic mass is 10.1. The van der Waals surface area contributed by atoms with Crippen LogP contribution in [0.25, 0.3) is 5.69 Å². The average Bonchev–Trinajstić information content (AvgIpc) is 3.15. The molecule has 142 valence electrons. The number of piperidine rings is 1. The lowest BCUT2D eigenvalue weighted by Crippen LogP contribution is -2.27. The van der Waals surface area contributed by atoms with Gasteiger partial charge >= 0.3 is 0 Å². The highest BCUT2D eigenvalue weighted by Crippen LogP contribution is 2.57. The Kier molecular flexibility index (Phi) is 3.53. The molecule has 0 spiro atoms. The molecule has 28 heavy (non-hydrogen) atoms. The largest absolute Gasteiger partial charge is 0.370 e. The van der Waals surface area contributed by atoms with Crippen LogP contribution in [0.3, 0.4) is 0 Å². The molecule has 1 unspecified atom stereocenters. The van der Waals surface area contributed by atoms with Gasteiger partial charge in [0.05, 0.1) is 5.69 Å². The summed E-state index contributed by atoms with van der Waals surface area (Å²) < 4.78 is 1.73. The lowest BCUT2D eigenvalue weighted by Gasteiger charge is -2.16. The second-order valence-electron chi connectivity index (χ2n) is 7.84. The Morgan fingerprint density at radius 1 is 1.43 bits per heavy atom. The maximum Gasteiger partial charge on any atom is 0.269 e. The van der Waals surface area contributed by atoms with Crippen LogP contribution in [-0.2, 0) is 11.2 Å². The van der Waals surface area contributed by atoms with Gasteiger partial charge in [0.2, 0.25) is 5.91 Å². The molecule has 2 atom stereocenters. The molecule has 0 bridgehead atoms. The zero-order chi connectivity index (χ0) is 19.5. The number of rotatable bonds is 2. The van der Waals surface area contributed by atoms with Crippen molar-refractivity contribution in [2.75, 3.05) is 25.5 Å². The average molecular weight is 375 g/mol. The fourth-order valence-corrected chi connectivity index (χ4v) is 4.40. The number of carbonyl (C=O) groups excluding carboxylic acids is 2. The molecule has 2 fully saturated rings. The Balaban J connectivity index is 1.51. The van der Waals surface area contributed by atoms with Crippen LogP contribution >= 0.6 is 0 Å². The monoisotopic (exact) mass is 375 g/mol. The Bertz CT molecular complexity index is 1080. The summed E-state index contributed by atoms with van der Waals surface area (Å²) in [5.41, 5.74) is 7.86. The van der Waals surface area contributed by atoms with Crippen LogP contribution in [0.5, 0.6) is 0 Å². The molecular formula is C21H21N5O2. The van der Waals surface area contributed by atoms with E-state index in [1.165, 1.54) is 0 Å². The van der Waals surface area contributed by atoms with Gasteiger partial charge in [-0.3, -0.25) is 9.59 Å². The van der Waals surface area contributed by atoms with E-state index in [9.17, 15) is 9.59 Å². The first-order valence-corrected chi connectivity index (χ1v) is 9.54. The highest BCUT2D eigenvalue weighted by atomic mass is 16.2. The molecule has 2 amide bonds. The fraction of sp³-hybridized carbons (Fsp3) is 0.381. The Morgan fingerprint density at radius 2 is 2.29 bits per heavy atom. The number of likely N-dealkylation sites (tertiary alicyclic amines) is 1. The van der Waals surface area contributed by atoms with Crippen LogP contribution in [0.15, 0.2) is 24.3 Å². The molecule has 3 aliphatic rings. The van der Waals surface area contributed by atoms with E-state index < -0.39 is 11.3 Å². The number of nitrogens with one attached hydrogen (secondary N) is 1. The number of nitrogens with two attached hydrogens (primary N) is 1. The minimum absolute atomic E-state index is 0.137. The van der Waals surface area contributed by atoms with Crippen LogP contribution in [0.2, 0.25) is 0 Å². The molecule has 2 aliphatic heterocycles. The van der Waals surface area contributed by atoms with Gasteiger partial charge in [0, 0.05) is 37.2 Å². The molecule has 1 saturated heterocycles.